The number of ether oxygens (including phenoxy) is 2. The SMILES string of the molecule is CCCCCCCCCCCCCCOC(=O)C(C)(C)C(=O)OC(CC)C(C)C. The monoisotopic (exact) mass is 412 g/mol. The first-order valence-corrected chi connectivity index (χ1v) is 12.2. The van der Waals surface area contributed by atoms with Crippen molar-refractivity contribution in [2.75, 3.05) is 6.61 Å². The lowest BCUT2D eigenvalue weighted by molar-refractivity contribution is -0.174. The van der Waals surface area contributed by atoms with Crippen LogP contribution in [0, 0.1) is 11.3 Å². The Morgan fingerprint density at radius 1 is 0.724 bits per heavy atom. The molecule has 0 aliphatic rings. The zero-order chi connectivity index (χ0) is 22.1. The van der Waals surface area contributed by atoms with Gasteiger partial charge in [-0.1, -0.05) is 98.3 Å². The molecule has 172 valence electrons. The second kappa shape index (κ2) is 16.7. The van der Waals surface area contributed by atoms with Crippen LogP contribution in [-0.4, -0.2) is 24.6 Å². The van der Waals surface area contributed by atoms with Crippen LogP contribution in [0.4, 0.5) is 0 Å². The highest BCUT2D eigenvalue weighted by Gasteiger charge is 2.40. The molecule has 0 heterocycles. The Morgan fingerprint density at radius 2 is 1.17 bits per heavy atom. The molecule has 0 rings (SSSR count). The summed E-state index contributed by atoms with van der Waals surface area (Å²) in [6, 6.07) is 0. The predicted molar refractivity (Wildman–Crippen MR) is 121 cm³/mol. The Kier molecular flexibility index (Phi) is 16.1. The first-order chi connectivity index (χ1) is 13.8. The van der Waals surface area contributed by atoms with Crippen LogP contribution in [-0.2, 0) is 19.1 Å². The van der Waals surface area contributed by atoms with Gasteiger partial charge >= 0.3 is 11.9 Å². The van der Waals surface area contributed by atoms with Crippen molar-refractivity contribution in [1.29, 1.82) is 0 Å². The van der Waals surface area contributed by atoms with E-state index in [-0.39, 0.29) is 12.0 Å². The van der Waals surface area contributed by atoms with Crippen molar-refractivity contribution >= 4 is 11.9 Å². The molecule has 0 bridgehead atoms. The van der Waals surface area contributed by atoms with Crippen LogP contribution in [0.25, 0.3) is 0 Å². The van der Waals surface area contributed by atoms with E-state index in [0.717, 1.165) is 19.3 Å². The zero-order valence-corrected chi connectivity index (χ0v) is 20.2. The molecule has 29 heavy (non-hydrogen) atoms. The van der Waals surface area contributed by atoms with Gasteiger partial charge < -0.3 is 9.47 Å². The van der Waals surface area contributed by atoms with Gasteiger partial charge in [0.1, 0.15) is 6.10 Å². The summed E-state index contributed by atoms with van der Waals surface area (Å²) in [5.74, 6) is -0.737. The van der Waals surface area contributed by atoms with Gasteiger partial charge in [0.2, 0.25) is 0 Å². The third-order valence-electron chi connectivity index (χ3n) is 5.66. The lowest BCUT2D eigenvalue weighted by atomic mass is 9.93. The molecular formula is C25H48O4. The van der Waals surface area contributed by atoms with Crippen molar-refractivity contribution in [2.45, 2.75) is 131 Å². The average molecular weight is 413 g/mol. The van der Waals surface area contributed by atoms with Gasteiger partial charge in [-0.2, -0.15) is 0 Å². The number of carbonyl (C=O) groups is 2. The number of unbranched alkanes of at least 4 members (excludes halogenated alkanes) is 11. The van der Waals surface area contributed by atoms with Crippen molar-refractivity contribution in [3.8, 4) is 0 Å². The fourth-order valence-electron chi connectivity index (χ4n) is 3.35. The van der Waals surface area contributed by atoms with Gasteiger partial charge in [0, 0.05) is 0 Å². The molecule has 0 fully saturated rings. The van der Waals surface area contributed by atoms with Gasteiger partial charge in [-0.15, -0.1) is 0 Å². The standard InChI is InChI=1S/C25H48O4/c1-7-9-10-11-12-13-14-15-16-17-18-19-20-28-23(26)25(5,6)24(27)29-22(8-2)21(3)4/h21-22H,7-20H2,1-6H3. The minimum Gasteiger partial charge on any atom is -0.465 e. The van der Waals surface area contributed by atoms with Crippen molar-refractivity contribution in [2.24, 2.45) is 11.3 Å². The molecule has 0 aliphatic heterocycles. The second-order valence-electron chi connectivity index (χ2n) is 9.25. The first-order valence-electron chi connectivity index (χ1n) is 12.2. The minimum absolute atomic E-state index is 0.161. The van der Waals surface area contributed by atoms with E-state index in [1.807, 2.05) is 20.8 Å². The predicted octanol–water partition coefficient (Wildman–Crippen LogP) is 7.23. The lowest BCUT2D eigenvalue weighted by Gasteiger charge is -2.26. The highest BCUT2D eigenvalue weighted by molar-refractivity contribution is 5.99. The number of hydrogen-bond acceptors (Lipinski definition) is 4. The molecule has 0 radical (unpaired) electrons. The van der Waals surface area contributed by atoms with E-state index in [0.29, 0.717) is 6.61 Å². The van der Waals surface area contributed by atoms with E-state index in [9.17, 15) is 9.59 Å². The van der Waals surface area contributed by atoms with Gasteiger partial charge in [0.25, 0.3) is 0 Å². The van der Waals surface area contributed by atoms with Crippen LogP contribution >= 0.6 is 0 Å². The quantitative estimate of drug-likeness (QED) is 0.135. The molecule has 0 aromatic carbocycles. The molecule has 0 saturated heterocycles. The van der Waals surface area contributed by atoms with E-state index in [4.69, 9.17) is 9.47 Å². The summed E-state index contributed by atoms with van der Waals surface area (Å²) in [6.45, 7) is 11.8. The maximum absolute atomic E-state index is 12.4. The molecular weight excluding hydrogens is 364 g/mol. The summed E-state index contributed by atoms with van der Waals surface area (Å²) in [5.41, 5.74) is -1.25. The fraction of sp³-hybridized carbons (Fsp3) is 0.920. The molecule has 1 unspecified atom stereocenters. The van der Waals surface area contributed by atoms with Gasteiger partial charge in [-0.05, 0) is 32.6 Å². The molecule has 4 heteroatoms. The fourth-order valence-corrected chi connectivity index (χ4v) is 3.35. The molecule has 0 saturated carbocycles. The Balaban J connectivity index is 3.80. The summed E-state index contributed by atoms with van der Waals surface area (Å²) in [7, 11) is 0. The van der Waals surface area contributed by atoms with E-state index in [2.05, 4.69) is 6.92 Å². The molecule has 0 aromatic heterocycles. The Hall–Kier alpha value is -1.06. The van der Waals surface area contributed by atoms with Gasteiger partial charge in [-0.3, -0.25) is 9.59 Å². The summed E-state index contributed by atoms with van der Waals surface area (Å²) < 4.78 is 10.9. The maximum Gasteiger partial charge on any atom is 0.323 e. The number of hydrogen-bond donors (Lipinski definition) is 0. The third kappa shape index (κ3) is 13.0. The summed E-state index contributed by atoms with van der Waals surface area (Å²) in [4.78, 5) is 24.7. The van der Waals surface area contributed by atoms with Crippen LogP contribution in [0.2, 0.25) is 0 Å². The van der Waals surface area contributed by atoms with Crippen molar-refractivity contribution in [3.63, 3.8) is 0 Å². The summed E-state index contributed by atoms with van der Waals surface area (Å²) in [5, 5.41) is 0. The highest BCUT2D eigenvalue weighted by atomic mass is 16.6. The highest BCUT2D eigenvalue weighted by Crippen LogP contribution is 2.23. The normalized spacial score (nSPS) is 12.8. The molecule has 0 aromatic rings. The number of esters is 2. The van der Waals surface area contributed by atoms with Crippen LogP contribution < -0.4 is 0 Å². The topological polar surface area (TPSA) is 52.6 Å². The number of rotatable bonds is 18. The lowest BCUT2D eigenvalue weighted by Crippen LogP contribution is -2.39. The molecule has 0 N–H and O–H groups in total. The van der Waals surface area contributed by atoms with Crippen LogP contribution in [0.3, 0.4) is 0 Å². The molecule has 0 aliphatic carbocycles. The zero-order valence-electron chi connectivity index (χ0n) is 20.2. The van der Waals surface area contributed by atoms with Crippen molar-refractivity contribution in [1.82, 2.24) is 0 Å². The Morgan fingerprint density at radius 3 is 1.59 bits per heavy atom. The smallest absolute Gasteiger partial charge is 0.323 e. The number of carbonyl (C=O) groups excluding carboxylic acids is 2. The summed E-state index contributed by atoms with van der Waals surface area (Å²) in [6.07, 6.45) is 15.8. The summed E-state index contributed by atoms with van der Waals surface area (Å²) >= 11 is 0. The van der Waals surface area contributed by atoms with Crippen molar-refractivity contribution < 1.29 is 19.1 Å². The van der Waals surface area contributed by atoms with Crippen LogP contribution in [0.1, 0.15) is 125 Å². The molecule has 0 amide bonds. The maximum atomic E-state index is 12.4. The molecule has 1 atom stereocenters. The first kappa shape index (κ1) is 27.9. The Labute approximate surface area is 180 Å². The van der Waals surface area contributed by atoms with Gasteiger partial charge in [0.05, 0.1) is 6.61 Å². The minimum atomic E-state index is -1.25. The molecule has 4 nitrogen and oxygen atoms in total. The van der Waals surface area contributed by atoms with E-state index in [1.54, 1.807) is 13.8 Å². The average Bonchev–Trinajstić information content (AvgIpc) is 2.68. The van der Waals surface area contributed by atoms with Crippen LogP contribution in [0.5, 0.6) is 0 Å². The van der Waals surface area contributed by atoms with Crippen molar-refractivity contribution in [3.05, 3.63) is 0 Å². The van der Waals surface area contributed by atoms with Gasteiger partial charge in [-0.25, -0.2) is 0 Å². The Bertz CT molecular complexity index is 429. The largest absolute Gasteiger partial charge is 0.465 e. The second-order valence-corrected chi connectivity index (χ2v) is 9.25. The van der Waals surface area contributed by atoms with E-state index >= 15 is 0 Å². The molecule has 0 spiro atoms. The van der Waals surface area contributed by atoms with Crippen LogP contribution in [0.15, 0.2) is 0 Å². The van der Waals surface area contributed by atoms with E-state index < -0.39 is 17.4 Å². The van der Waals surface area contributed by atoms with Gasteiger partial charge in [0.15, 0.2) is 5.41 Å². The third-order valence-corrected chi connectivity index (χ3v) is 5.66. The van der Waals surface area contributed by atoms with E-state index in [1.165, 1.54) is 64.2 Å².